The molecule has 0 bridgehead atoms. The lowest BCUT2D eigenvalue weighted by molar-refractivity contribution is -0.136. The fourth-order valence-corrected chi connectivity index (χ4v) is 2.03. The Kier molecular flexibility index (Phi) is 2.31. The zero-order chi connectivity index (χ0) is 13.6. The molecule has 0 unspecified atom stereocenters. The van der Waals surface area contributed by atoms with Crippen molar-refractivity contribution in [3.63, 3.8) is 0 Å². The molecule has 19 heavy (non-hydrogen) atoms. The predicted molar refractivity (Wildman–Crippen MR) is 63.2 cm³/mol. The molecule has 3 aromatic rings. The average molecular weight is 267 g/mol. The summed E-state index contributed by atoms with van der Waals surface area (Å²) >= 11 is 0. The van der Waals surface area contributed by atoms with E-state index in [9.17, 15) is 13.2 Å². The van der Waals surface area contributed by atoms with Gasteiger partial charge in [-0.2, -0.15) is 13.2 Å². The van der Waals surface area contributed by atoms with E-state index < -0.39 is 11.7 Å². The summed E-state index contributed by atoms with van der Waals surface area (Å²) in [5.74, 6) is 0.314. The molecule has 2 aromatic heterocycles. The Labute approximate surface area is 105 Å². The average Bonchev–Trinajstić information content (AvgIpc) is 2.92. The largest absolute Gasteiger partial charge is 0.417 e. The Morgan fingerprint density at radius 2 is 2.05 bits per heavy atom. The molecule has 2 heterocycles. The van der Waals surface area contributed by atoms with Crippen LogP contribution in [0, 0.1) is 0 Å². The fourth-order valence-electron chi connectivity index (χ4n) is 2.03. The normalized spacial score (nSPS) is 12.2. The van der Waals surface area contributed by atoms with Gasteiger partial charge in [0.2, 0.25) is 0 Å². The Morgan fingerprint density at radius 1 is 1.26 bits per heavy atom. The first-order chi connectivity index (χ1) is 8.97. The number of nitrogens with zero attached hydrogens (tertiary/aromatic N) is 1. The molecule has 98 valence electrons. The third kappa shape index (κ3) is 1.83. The van der Waals surface area contributed by atoms with Crippen molar-refractivity contribution in [2.75, 3.05) is 5.73 Å². The van der Waals surface area contributed by atoms with Crippen molar-refractivity contribution in [3.8, 4) is 11.3 Å². The van der Waals surface area contributed by atoms with Crippen LogP contribution in [-0.4, -0.2) is 10.1 Å². The second kappa shape index (κ2) is 3.78. The molecule has 0 saturated carbocycles. The number of rotatable bonds is 1. The molecule has 0 spiro atoms. The van der Waals surface area contributed by atoms with Crippen LogP contribution >= 0.6 is 0 Å². The lowest BCUT2D eigenvalue weighted by atomic mass is 10.0. The number of aromatic nitrogens is 2. The van der Waals surface area contributed by atoms with Gasteiger partial charge in [-0.1, -0.05) is 11.2 Å². The first kappa shape index (κ1) is 11.6. The molecule has 4 nitrogen and oxygen atoms in total. The van der Waals surface area contributed by atoms with E-state index in [0.29, 0.717) is 5.52 Å². The highest BCUT2D eigenvalue weighted by molar-refractivity contribution is 5.97. The first-order valence-electron chi connectivity index (χ1n) is 5.36. The third-order valence-electron chi connectivity index (χ3n) is 2.81. The van der Waals surface area contributed by atoms with Crippen molar-refractivity contribution in [2.24, 2.45) is 0 Å². The van der Waals surface area contributed by atoms with Crippen LogP contribution < -0.4 is 5.73 Å². The molecule has 0 amide bonds. The van der Waals surface area contributed by atoms with Crippen molar-refractivity contribution >= 4 is 16.7 Å². The number of hydrogen-bond acceptors (Lipinski definition) is 3. The maximum atomic E-state index is 13.0. The molecule has 3 N–H and O–H groups in total. The minimum Gasteiger partial charge on any atom is -0.381 e. The van der Waals surface area contributed by atoms with Gasteiger partial charge in [-0.05, 0) is 12.1 Å². The molecule has 0 aliphatic rings. The van der Waals surface area contributed by atoms with Crippen LogP contribution in [0.1, 0.15) is 5.56 Å². The Bertz CT molecular complexity index is 742. The number of hydrogen-bond donors (Lipinski definition) is 2. The van der Waals surface area contributed by atoms with Crippen LogP contribution in [0.5, 0.6) is 0 Å². The van der Waals surface area contributed by atoms with Gasteiger partial charge in [0, 0.05) is 28.7 Å². The van der Waals surface area contributed by atoms with E-state index in [1.54, 1.807) is 6.07 Å². The monoisotopic (exact) mass is 267 g/mol. The maximum absolute atomic E-state index is 13.0. The first-order valence-corrected chi connectivity index (χ1v) is 5.36. The van der Waals surface area contributed by atoms with E-state index in [1.165, 1.54) is 18.3 Å². The molecule has 3 rings (SSSR count). The minimum absolute atomic E-state index is 0.0474. The van der Waals surface area contributed by atoms with Crippen molar-refractivity contribution in [3.05, 3.63) is 36.0 Å². The fraction of sp³-hybridized carbons (Fsp3) is 0.0833. The zero-order valence-corrected chi connectivity index (χ0v) is 9.45. The number of alkyl halides is 3. The molecule has 1 aromatic carbocycles. The number of aromatic amines is 1. The summed E-state index contributed by atoms with van der Waals surface area (Å²) in [5.41, 5.74) is 5.35. The van der Waals surface area contributed by atoms with Gasteiger partial charge >= 0.3 is 6.18 Å². The molecule has 0 aliphatic heterocycles. The van der Waals surface area contributed by atoms with Gasteiger partial charge in [0.1, 0.15) is 0 Å². The number of halogens is 3. The smallest absolute Gasteiger partial charge is 0.381 e. The molecule has 0 atom stereocenters. The standard InChI is InChI=1S/C12H8F3N3O/c13-12(14,15)7-2-1-3-8-11(7)6(5-17-8)9-4-10(16)18-19-9/h1-5,17H,(H2,16,18). The topological polar surface area (TPSA) is 67.8 Å². The van der Waals surface area contributed by atoms with Crippen LogP contribution in [-0.2, 0) is 6.18 Å². The van der Waals surface area contributed by atoms with E-state index in [1.807, 2.05) is 0 Å². The third-order valence-corrected chi connectivity index (χ3v) is 2.81. The maximum Gasteiger partial charge on any atom is 0.417 e. The summed E-state index contributed by atoms with van der Waals surface area (Å²) < 4.78 is 44.0. The summed E-state index contributed by atoms with van der Waals surface area (Å²) in [6.45, 7) is 0. The van der Waals surface area contributed by atoms with Crippen LogP contribution in [0.3, 0.4) is 0 Å². The number of benzene rings is 1. The van der Waals surface area contributed by atoms with Crippen LogP contribution in [0.2, 0.25) is 0 Å². The number of nitrogens with one attached hydrogen (secondary N) is 1. The highest BCUT2D eigenvalue weighted by Gasteiger charge is 2.34. The SMILES string of the molecule is Nc1cc(-c2c[nH]c3cccc(C(F)(F)F)c23)on1. The van der Waals surface area contributed by atoms with E-state index in [-0.39, 0.29) is 22.5 Å². The van der Waals surface area contributed by atoms with E-state index in [2.05, 4.69) is 10.1 Å². The van der Waals surface area contributed by atoms with Crippen LogP contribution in [0.15, 0.2) is 35.0 Å². The number of nitrogen functional groups attached to an aromatic ring is 1. The van der Waals surface area contributed by atoms with Crippen molar-refractivity contribution in [2.45, 2.75) is 6.18 Å². The van der Waals surface area contributed by atoms with Gasteiger partial charge in [0.15, 0.2) is 11.6 Å². The predicted octanol–water partition coefficient (Wildman–Crippen LogP) is 3.42. The highest BCUT2D eigenvalue weighted by atomic mass is 19.4. The van der Waals surface area contributed by atoms with Gasteiger partial charge in [-0.25, -0.2) is 0 Å². The summed E-state index contributed by atoms with van der Waals surface area (Å²) in [4.78, 5) is 2.78. The van der Waals surface area contributed by atoms with Gasteiger partial charge < -0.3 is 15.2 Å². The van der Waals surface area contributed by atoms with E-state index in [4.69, 9.17) is 10.3 Å². The van der Waals surface area contributed by atoms with Gasteiger partial charge in [-0.3, -0.25) is 0 Å². The Morgan fingerprint density at radius 3 is 2.68 bits per heavy atom. The van der Waals surface area contributed by atoms with Crippen molar-refractivity contribution < 1.29 is 17.7 Å². The van der Waals surface area contributed by atoms with Gasteiger partial charge in [0.05, 0.1) is 5.56 Å². The summed E-state index contributed by atoms with van der Waals surface area (Å²) in [6, 6.07) is 5.32. The van der Waals surface area contributed by atoms with Crippen LogP contribution in [0.25, 0.3) is 22.2 Å². The summed E-state index contributed by atoms with van der Waals surface area (Å²) in [6.07, 6.45) is -3.00. The molecule has 0 fully saturated rings. The summed E-state index contributed by atoms with van der Waals surface area (Å²) in [7, 11) is 0. The van der Waals surface area contributed by atoms with Crippen molar-refractivity contribution in [1.82, 2.24) is 10.1 Å². The van der Waals surface area contributed by atoms with E-state index >= 15 is 0 Å². The van der Waals surface area contributed by atoms with Crippen molar-refractivity contribution in [1.29, 1.82) is 0 Å². The molecule has 0 saturated heterocycles. The molecule has 0 aliphatic carbocycles. The second-order valence-electron chi connectivity index (χ2n) is 4.04. The number of H-pyrrole nitrogens is 1. The van der Waals surface area contributed by atoms with E-state index in [0.717, 1.165) is 6.07 Å². The molecular formula is C12H8F3N3O. The lowest BCUT2D eigenvalue weighted by Gasteiger charge is -2.08. The van der Waals surface area contributed by atoms with Crippen LogP contribution in [0.4, 0.5) is 19.0 Å². The number of fused-ring (bicyclic) bond motifs is 1. The number of nitrogens with two attached hydrogens (primary N) is 1. The Hall–Kier alpha value is -2.44. The van der Waals surface area contributed by atoms with Gasteiger partial charge in [-0.15, -0.1) is 0 Å². The molecular weight excluding hydrogens is 259 g/mol. The second-order valence-corrected chi connectivity index (χ2v) is 4.04. The Balaban J connectivity index is 2.32. The minimum atomic E-state index is -4.44. The lowest BCUT2D eigenvalue weighted by Crippen LogP contribution is -2.05. The summed E-state index contributed by atoms with van der Waals surface area (Å²) in [5, 5.41) is 3.53. The van der Waals surface area contributed by atoms with Gasteiger partial charge in [0.25, 0.3) is 0 Å². The highest BCUT2D eigenvalue weighted by Crippen LogP contribution is 2.39. The zero-order valence-electron chi connectivity index (χ0n) is 9.45. The quantitative estimate of drug-likeness (QED) is 0.709. The number of anilines is 1. The molecule has 0 radical (unpaired) electrons. The molecule has 7 heteroatoms.